The third kappa shape index (κ3) is 4.18. The van der Waals surface area contributed by atoms with Gasteiger partial charge in [-0.25, -0.2) is 0 Å². The average molecular weight is 407 g/mol. The van der Waals surface area contributed by atoms with Crippen molar-refractivity contribution >= 4 is 33.4 Å². The van der Waals surface area contributed by atoms with E-state index in [1.165, 1.54) is 4.80 Å². The first-order valence-corrected chi connectivity index (χ1v) is 8.33. The maximum atomic E-state index is 12.0. The average Bonchev–Trinajstić information content (AvgIpc) is 3.03. The fourth-order valence-electron chi connectivity index (χ4n) is 2.04. The number of benzene rings is 2. The highest BCUT2D eigenvalue weighted by Crippen LogP contribution is 2.17. The Hall–Kier alpha value is -2.25. The van der Waals surface area contributed by atoms with Gasteiger partial charge in [-0.1, -0.05) is 45.7 Å². The number of rotatable bonds is 5. The van der Waals surface area contributed by atoms with Crippen molar-refractivity contribution in [2.45, 2.75) is 13.1 Å². The highest BCUT2D eigenvalue weighted by molar-refractivity contribution is 9.10. The Morgan fingerprint density at radius 3 is 2.67 bits per heavy atom. The number of aromatic nitrogens is 4. The molecular formula is C16H13BrClN5O. The minimum Gasteiger partial charge on any atom is -0.350 e. The van der Waals surface area contributed by atoms with Crippen molar-refractivity contribution in [2.24, 2.45) is 0 Å². The molecule has 3 rings (SSSR count). The molecule has 3 aromatic rings. The molecule has 1 amide bonds. The Bertz CT molecular complexity index is 850. The number of hydrogen-bond donors (Lipinski definition) is 1. The second-order valence-corrected chi connectivity index (χ2v) is 6.34. The number of carbonyl (C=O) groups excluding carboxylic acids is 1. The monoisotopic (exact) mass is 405 g/mol. The topological polar surface area (TPSA) is 72.7 Å². The maximum absolute atomic E-state index is 12.0. The number of nitrogens with zero attached hydrogens (tertiary/aromatic N) is 4. The molecule has 8 heteroatoms. The minimum absolute atomic E-state index is 0.00597. The number of hydrogen-bond acceptors (Lipinski definition) is 4. The van der Waals surface area contributed by atoms with Gasteiger partial charge in [0.1, 0.15) is 6.54 Å². The molecule has 0 aliphatic rings. The van der Waals surface area contributed by atoms with Gasteiger partial charge in [0.2, 0.25) is 11.7 Å². The van der Waals surface area contributed by atoms with E-state index in [-0.39, 0.29) is 12.5 Å². The first kappa shape index (κ1) is 16.6. The summed E-state index contributed by atoms with van der Waals surface area (Å²) in [4.78, 5) is 13.3. The largest absolute Gasteiger partial charge is 0.350 e. The lowest BCUT2D eigenvalue weighted by atomic mass is 10.2. The van der Waals surface area contributed by atoms with Crippen LogP contribution in [-0.2, 0) is 17.9 Å². The first-order chi connectivity index (χ1) is 11.6. The zero-order valence-corrected chi connectivity index (χ0v) is 14.8. The summed E-state index contributed by atoms with van der Waals surface area (Å²) < 4.78 is 0.970. The molecule has 1 aromatic heterocycles. The molecule has 24 heavy (non-hydrogen) atoms. The van der Waals surface area contributed by atoms with Gasteiger partial charge in [0.05, 0.1) is 0 Å². The molecule has 0 atom stereocenters. The van der Waals surface area contributed by atoms with Gasteiger partial charge in [0, 0.05) is 21.6 Å². The van der Waals surface area contributed by atoms with E-state index in [4.69, 9.17) is 11.6 Å². The summed E-state index contributed by atoms with van der Waals surface area (Å²) >= 11 is 9.43. The predicted octanol–water partition coefficient (Wildman–Crippen LogP) is 3.07. The van der Waals surface area contributed by atoms with Gasteiger partial charge in [-0.05, 0) is 41.1 Å². The lowest BCUT2D eigenvalue weighted by Gasteiger charge is -2.06. The van der Waals surface area contributed by atoms with Gasteiger partial charge in [-0.3, -0.25) is 4.79 Å². The smallest absolute Gasteiger partial charge is 0.243 e. The third-order valence-electron chi connectivity index (χ3n) is 3.27. The lowest BCUT2D eigenvalue weighted by Crippen LogP contribution is -2.28. The minimum atomic E-state index is -0.213. The summed E-state index contributed by atoms with van der Waals surface area (Å²) in [5.74, 6) is 0.260. The van der Waals surface area contributed by atoms with E-state index in [0.717, 1.165) is 15.6 Å². The molecule has 0 aliphatic heterocycles. The van der Waals surface area contributed by atoms with Crippen molar-refractivity contribution in [3.63, 3.8) is 0 Å². The fourth-order valence-corrected chi connectivity index (χ4v) is 2.51. The molecule has 0 saturated carbocycles. The van der Waals surface area contributed by atoms with Crippen LogP contribution in [0.4, 0.5) is 0 Å². The Kier molecular flexibility index (Phi) is 5.22. The fraction of sp³-hybridized carbons (Fsp3) is 0.125. The summed E-state index contributed by atoms with van der Waals surface area (Å²) in [7, 11) is 0. The van der Waals surface area contributed by atoms with Gasteiger partial charge in [0.15, 0.2) is 0 Å². The summed E-state index contributed by atoms with van der Waals surface area (Å²) in [6.45, 7) is 0.348. The zero-order chi connectivity index (χ0) is 16.9. The number of nitrogens with one attached hydrogen (secondary N) is 1. The zero-order valence-electron chi connectivity index (χ0n) is 12.5. The molecule has 0 aliphatic carbocycles. The molecule has 0 radical (unpaired) electrons. The van der Waals surface area contributed by atoms with Crippen LogP contribution in [0.5, 0.6) is 0 Å². The summed E-state index contributed by atoms with van der Waals surface area (Å²) in [6.07, 6.45) is 0. The molecule has 2 aromatic carbocycles. The molecular weight excluding hydrogens is 394 g/mol. The SMILES string of the molecule is O=C(Cn1nnc(-c2ccc(Br)cc2)n1)NCc1ccccc1Cl. The number of carbonyl (C=O) groups is 1. The van der Waals surface area contributed by atoms with Crippen LogP contribution in [0.3, 0.4) is 0 Å². The molecule has 0 fully saturated rings. The molecule has 0 bridgehead atoms. The van der Waals surface area contributed by atoms with Crippen LogP contribution < -0.4 is 5.32 Å². The molecule has 0 unspecified atom stereocenters. The van der Waals surface area contributed by atoms with Crippen LogP contribution in [0.15, 0.2) is 53.0 Å². The van der Waals surface area contributed by atoms with E-state index >= 15 is 0 Å². The van der Waals surface area contributed by atoms with E-state index in [9.17, 15) is 4.79 Å². The van der Waals surface area contributed by atoms with Crippen molar-refractivity contribution in [1.29, 1.82) is 0 Å². The van der Waals surface area contributed by atoms with E-state index in [1.807, 2.05) is 42.5 Å². The Morgan fingerprint density at radius 2 is 1.92 bits per heavy atom. The van der Waals surface area contributed by atoms with Crippen LogP contribution in [0.1, 0.15) is 5.56 Å². The van der Waals surface area contributed by atoms with Crippen LogP contribution in [0.25, 0.3) is 11.4 Å². The van der Waals surface area contributed by atoms with Crippen LogP contribution in [0, 0.1) is 0 Å². The van der Waals surface area contributed by atoms with Gasteiger partial charge in [0.25, 0.3) is 0 Å². The summed E-state index contributed by atoms with van der Waals surface area (Å²) in [6, 6.07) is 14.9. The summed E-state index contributed by atoms with van der Waals surface area (Å²) in [5.41, 5.74) is 1.69. The normalized spacial score (nSPS) is 10.6. The molecule has 1 N–H and O–H groups in total. The Morgan fingerprint density at radius 1 is 1.17 bits per heavy atom. The van der Waals surface area contributed by atoms with Gasteiger partial charge < -0.3 is 5.32 Å². The van der Waals surface area contributed by atoms with Gasteiger partial charge in [-0.15, -0.1) is 10.2 Å². The standard InChI is InChI=1S/C16H13BrClN5O/c17-13-7-5-11(6-8-13)16-20-22-23(21-16)10-15(24)19-9-12-3-1-2-4-14(12)18/h1-8H,9-10H2,(H,19,24). The van der Waals surface area contributed by atoms with Crippen molar-refractivity contribution in [1.82, 2.24) is 25.5 Å². The van der Waals surface area contributed by atoms with E-state index in [0.29, 0.717) is 17.4 Å². The summed E-state index contributed by atoms with van der Waals surface area (Å²) in [5, 5.41) is 15.5. The molecule has 0 saturated heterocycles. The Labute approximate surface area is 152 Å². The lowest BCUT2D eigenvalue weighted by molar-refractivity contribution is -0.122. The highest BCUT2D eigenvalue weighted by Gasteiger charge is 2.09. The van der Waals surface area contributed by atoms with Crippen molar-refractivity contribution in [3.05, 3.63) is 63.6 Å². The molecule has 0 spiro atoms. The number of amides is 1. The number of halogens is 2. The van der Waals surface area contributed by atoms with E-state index < -0.39 is 0 Å². The van der Waals surface area contributed by atoms with E-state index in [2.05, 4.69) is 36.7 Å². The molecule has 122 valence electrons. The second-order valence-electron chi connectivity index (χ2n) is 5.02. The van der Waals surface area contributed by atoms with Crippen LogP contribution in [-0.4, -0.2) is 26.1 Å². The third-order valence-corrected chi connectivity index (χ3v) is 4.17. The quantitative estimate of drug-likeness (QED) is 0.707. The second kappa shape index (κ2) is 7.55. The molecule has 1 heterocycles. The first-order valence-electron chi connectivity index (χ1n) is 7.15. The number of tetrazole rings is 1. The van der Waals surface area contributed by atoms with Crippen LogP contribution >= 0.6 is 27.5 Å². The van der Waals surface area contributed by atoms with Gasteiger partial charge in [-0.2, -0.15) is 4.80 Å². The van der Waals surface area contributed by atoms with E-state index in [1.54, 1.807) is 6.07 Å². The van der Waals surface area contributed by atoms with Crippen molar-refractivity contribution in [3.8, 4) is 11.4 Å². The highest BCUT2D eigenvalue weighted by atomic mass is 79.9. The maximum Gasteiger partial charge on any atom is 0.243 e. The molecule has 6 nitrogen and oxygen atoms in total. The van der Waals surface area contributed by atoms with Crippen LogP contribution in [0.2, 0.25) is 5.02 Å². The van der Waals surface area contributed by atoms with Crippen molar-refractivity contribution < 1.29 is 4.79 Å². The Balaban J connectivity index is 1.59. The van der Waals surface area contributed by atoms with Gasteiger partial charge >= 0.3 is 0 Å². The van der Waals surface area contributed by atoms with Crippen molar-refractivity contribution in [2.75, 3.05) is 0 Å². The predicted molar refractivity (Wildman–Crippen MR) is 94.3 cm³/mol.